The van der Waals surface area contributed by atoms with Gasteiger partial charge in [0.1, 0.15) is 6.10 Å². The van der Waals surface area contributed by atoms with Gasteiger partial charge in [0.15, 0.2) is 9.84 Å². The van der Waals surface area contributed by atoms with E-state index in [0.717, 1.165) is 6.07 Å². The van der Waals surface area contributed by atoms with E-state index >= 15 is 0 Å². The second-order valence-corrected chi connectivity index (χ2v) is 9.22. The van der Waals surface area contributed by atoms with Crippen LogP contribution in [-0.2, 0) is 9.84 Å². The third kappa shape index (κ3) is 3.25. The topological polar surface area (TPSA) is 97.5 Å². The number of hydrogen-bond acceptors (Lipinski definition) is 5. The Bertz CT molecular complexity index is 589. The quantitative estimate of drug-likeness (QED) is 0.486. The predicted octanol–water partition coefficient (Wildman–Crippen LogP) is 2.35. The molecule has 2 atom stereocenters. The van der Waals surface area contributed by atoms with Crippen LogP contribution < -0.4 is 0 Å². The van der Waals surface area contributed by atoms with E-state index in [2.05, 4.69) is 15.9 Å². The van der Waals surface area contributed by atoms with Gasteiger partial charge >= 0.3 is 0 Å². The van der Waals surface area contributed by atoms with Gasteiger partial charge in [-0.25, -0.2) is 8.42 Å². The molecule has 0 heterocycles. The summed E-state index contributed by atoms with van der Waals surface area (Å²) in [4.78, 5) is 10.00. The largest absolute Gasteiger partial charge is 0.385 e. The fourth-order valence-electron chi connectivity index (χ4n) is 1.36. The van der Waals surface area contributed by atoms with Crippen molar-refractivity contribution in [3.05, 3.63) is 39.9 Å². The monoisotopic (exact) mass is 371 g/mol. The summed E-state index contributed by atoms with van der Waals surface area (Å²) in [6, 6.07) is 5.01. The van der Waals surface area contributed by atoms with Gasteiger partial charge in [0.05, 0.1) is 10.7 Å². The van der Waals surface area contributed by atoms with Crippen molar-refractivity contribution in [2.75, 3.05) is 5.75 Å². The molecule has 0 aliphatic heterocycles. The molecule has 0 radical (unpaired) electrons. The van der Waals surface area contributed by atoms with Crippen molar-refractivity contribution in [2.45, 2.75) is 16.1 Å². The first kappa shape index (κ1) is 16.4. The van der Waals surface area contributed by atoms with E-state index in [0.29, 0.717) is 0 Å². The highest BCUT2D eigenvalue weighted by Crippen LogP contribution is 2.43. The highest BCUT2D eigenvalue weighted by molar-refractivity contribution is 9.12. The van der Waals surface area contributed by atoms with E-state index in [4.69, 9.17) is 11.6 Å². The Morgan fingerprint density at radius 2 is 2.16 bits per heavy atom. The molecule has 0 spiro atoms. The molecular formula is C10H11BrClNO5S. The third-order valence-electron chi connectivity index (χ3n) is 2.51. The molecule has 0 fully saturated rings. The summed E-state index contributed by atoms with van der Waals surface area (Å²) in [7, 11) is -3.82. The number of aliphatic hydroxyl groups excluding tert-OH is 1. The highest BCUT2D eigenvalue weighted by atomic mass is 79.9. The molecular weight excluding hydrogens is 362 g/mol. The van der Waals surface area contributed by atoms with Crippen LogP contribution in [0.3, 0.4) is 0 Å². The van der Waals surface area contributed by atoms with Gasteiger partial charge in [-0.3, -0.25) is 10.1 Å². The Morgan fingerprint density at radius 1 is 1.58 bits per heavy atom. The molecule has 0 unspecified atom stereocenters. The summed E-state index contributed by atoms with van der Waals surface area (Å²) < 4.78 is 21.4. The molecule has 1 aromatic rings. The number of rotatable bonds is 5. The zero-order valence-electron chi connectivity index (χ0n) is 9.79. The molecule has 0 saturated heterocycles. The average molecular weight is 373 g/mol. The summed E-state index contributed by atoms with van der Waals surface area (Å²) in [5.74, 6) is -0.284. The van der Waals surface area contributed by atoms with Gasteiger partial charge in [-0.05, 0) is 21.5 Å². The van der Waals surface area contributed by atoms with Gasteiger partial charge in [-0.15, -0.1) is 0 Å². The first-order valence-electron chi connectivity index (χ1n) is 5.16. The van der Waals surface area contributed by atoms with Gasteiger partial charge in [0.25, 0.3) is 5.69 Å². The van der Waals surface area contributed by atoms with Crippen molar-refractivity contribution in [1.29, 1.82) is 0 Å². The molecule has 1 rings (SSSR count). The van der Waals surface area contributed by atoms with Crippen molar-refractivity contribution >= 4 is 43.1 Å². The molecule has 0 amide bonds. The lowest BCUT2D eigenvalue weighted by atomic mass is 10.1. The van der Waals surface area contributed by atoms with Gasteiger partial charge < -0.3 is 5.11 Å². The molecule has 0 aromatic heterocycles. The number of halogens is 2. The van der Waals surface area contributed by atoms with Crippen molar-refractivity contribution in [1.82, 2.24) is 0 Å². The van der Waals surface area contributed by atoms with Crippen LogP contribution in [0.4, 0.5) is 5.69 Å². The third-order valence-corrected chi connectivity index (χ3v) is 7.15. The van der Waals surface area contributed by atoms with Crippen LogP contribution in [0.25, 0.3) is 0 Å². The number of alkyl halides is 2. The second kappa shape index (κ2) is 5.74. The number of aliphatic hydroxyl groups is 1. The molecule has 0 bridgehead atoms. The smallest absolute Gasteiger partial charge is 0.269 e. The summed E-state index contributed by atoms with van der Waals surface area (Å²) in [5, 5.41) is 20.7. The maximum absolute atomic E-state index is 11.8. The SMILES string of the molecule is CCS(=O)(=O)[C@@](Cl)(Br)[C@@H](O)c1cccc([N+](=O)[O-])c1. The van der Waals surface area contributed by atoms with E-state index in [9.17, 15) is 23.6 Å². The molecule has 6 nitrogen and oxygen atoms in total. The Labute approximate surface area is 123 Å². The first-order valence-corrected chi connectivity index (χ1v) is 7.98. The van der Waals surface area contributed by atoms with Crippen LogP contribution in [0.1, 0.15) is 18.6 Å². The average Bonchev–Trinajstić information content (AvgIpc) is 2.37. The number of nitro benzene ring substituents is 1. The number of nitrogens with zero attached hydrogens (tertiary/aromatic N) is 1. The number of hydrogen-bond donors (Lipinski definition) is 1. The highest BCUT2D eigenvalue weighted by Gasteiger charge is 2.46. The van der Waals surface area contributed by atoms with Crippen molar-refractivity contribution in [3.8, 4) is 0 Å². The Morgan fingerprint density at radius 3 is 2.63 bits per heavy atom. The molecule has 1 N–H and O–H groups in total. The molecule has 0 saturated carbocycles. The van der Waals surface area contributed by atoms with Crippen molar-refractivity contribution in [2.24, 2.45) is 0 Å². The van der Waals surface area contributed by atoms with E-state index in [1.807, 2.05) is 0 Å². The van der Waals surface area contributed by atoms with Crippen LogP contribution >= 0.6 is 27.5 Å². The maximum Gasteiger partial charge on any atom is 0.269 e. The van der Waals surface area contributed by atoms with Crippen LogP contribution in [0.5, 0.6) is 0 Å². The van der Waals surface area contributed by atoms with Crippen LogP contribution in [0.15, 0.2) is 24.3 Å². The van der Waals surface area contributed by atoms with Crippen LogP contribution in [0, 0.1) is 10.1 Å². The van der Waals surface area contributed by atoms with E-state index < -0.39 is 24.0 Å². The summed E-state index contributed by atoms with van der Waals surface area (Å²) >= 11 is 8.64. The summed E-state index contributed by atoms with van der Waals surface area (Å²) in [6.07, 6.45) is -1.64. The minimum atomic E-state index is -3.82. The number of non-ortho nitro benzene ring substituents is 1. The van der Waals surface area contributed by atoms with E-state index in [-0.39, 0.29) is 17.0 Å². The zero-order valence-corrected chi connectivity index (χ0v) is 12.9. The minimum Gasteiger partial charge on any atom is -0.385 e. The Hall–Kier alpha value is -0.700. The van der Waals surface area contributed by atoms with Gasteiger partial charge in [0, 0.05) is 12.1 Å². The van der Waals surface area contributed by atoms with E-state index in [1.54, 1.807) is 0 Å². The lowest BCUT2D eigenvalue weighted by Crippen LogP contribution is -2.34. The second-order valence-electron chi connectivity index (χ2n) is 3.72. The molecule has 9 heteroatoms. The normalized spacial score (nSPS) is 16.6. The fourth-order valence-corrected chi connectivity index (χ4v) is 3.63. The lowest BCUT2D eigenvalue weighted by Gasteiger charge is -2.25. The molecule has 106 valence electrons. The Kier molecular flexibility index (Phi) is 4.94. The predicted molar refractivity (Wildman–Crippen MR) is 75.0 cm³/mol. The van der Waals surface area contributed by atoms with Gasteiger partial charge in [-0.2, -0.15) is 0 Å². The summed E-state index contributed by atoms with van der Waals surface area (Å²) in [6.45, 7) is 1.38. The summed E-state index contributed by atoms with van der Waals surface area (Å²) in [5.41, 5.74) is -0.219. The van der Waals surface area contributed by atoms with Crippen molar-refractivity contribution < 1.29 is 18.4 Å². The minimum absolute atomic E-state index is 0.0399. The maximum atomic E-state index is 11.8. The number of benzene rings is 1. The molecule has 19 heavy (non-hydrogen) atoms. The van der Waals surface area contributed by atoms with Crippen molar-refractivity contribution in [3.63, 3.8) is 0 Å². The van der Waals surface area contributed by atoms with Gasteiger partial charge in [0.2, 0.25) is 3.12 Å². The van der Waals surface area contributed by atoms with E-state index in [1.165, 1.54) is 25.1 Å². The molecule has 1 aromatic carbocycles. The van der Waals surface area contributed by atoms with Crippen LogP contribution in [-0.4, -0.2) is 27.3 Å². The molecule has 0 aliphatic carbocycles. The number of nitro groups is 1. The Balaban J connectivity index is 3.24. The molecule has 0 aliphatic rings. The standard InChI is InChI=1S/C10H11BrClNO5S/c1-2-19(17,18)10(11,12)9(14)7-4-3-5-8(6-7)13(15)16/h3-6,9,14H,2H2,1H3/t9-,10+/m0/s1. The van der Waals surface area contributed by atoms with Gasteiger partial charge in [-0.1, -0.05) is 30.7 Å². The zero-order chi connectivity index (χ0) is 14.8. The fraction of sp³-hybridized carbons (Fsp3) is 0.400. The van der Waals surface area contributed by atoms with Crippen LogP contribution in [0.2, 0.25) is 0 Å². The first-order chi connectivity index (χ1) is 8.63. The lowest BCUT2D eigenvalue weighted by molar-refractivity contribution is -0.385. The number of sulfone groups is 1.